The van der Waals surface area contributed by atoms with Gasteiger partial charge in [0.05, 0.1) is 26.0 Å². The Kier molecular flexibility index (Phi) is 5.95. The number of hydrogen-bond acceptors (Lipinski definition) is 6. The third kappa shape index (κ3) is 4.86. The quantitative estimate of drug-likeness (QED) is 0.814. The number of nitrogens with zero attached hydrogens (tertiary/aromatic N) is 4. The molecule has 1 aliphatic rings. The number of rotatable bonds is 7. The summed E-state index contributed by atoms with van der Waals surface area (Å²) >= 11 is 1.66. The number of carbonyl (C=O) groups is 1. The molecule has 8 heteroatoms. The van der Waals surface area contributed by atoms with Gasteiger partial charge in [0.15, 0.2) is 5.69 Å². The third-order valence-corrected chi connectivity index (χ3v) is 4.89. The molecule has 0 bridgehead atoms. The van der Waals surface area contributed by atoms with E-state index in [0.29, 0.717) is 12.2 Å². The molecular weight excluding hydrogens is 326 g/mol. The van der Waals surface area contributed by atoms with E-state index in [-0.39, 0.29) is 11.9 Å². The smallest absolute Gasteiger partial charge is 0.273 e. The SMILES string of the molecule is C[C@@H](CCN1CCOCC1)NC(=O)c1cn(Cc2cccs2)nn1. The highest BCUT2D eigenvalue weighted by Gasteiger charge is 2.16. The lowest BCUT2D eigenvalue weighted by atomic mass is 10.2. The Bertz CT molecular complexity index is 637. The summed E-state index contributed by atoms with van der Waals surface area (Å²) in [5, 5.41) is 13.0. The molecule has 1 N–H and O–H groups in total. The van der Waals surface area contributed by atoms with E-state index < -0.39 is 0 Å². The van der Waals surface area contributed by atoms with Gasteiger partial charge < -0.3 is 10.1 Å². The summed E-state index contributed by atoms with van der Waals surface area (Å²) in [6.45, 7) is 7.17. The van der Waals surface area contributed by atoms with Gasteiger partial charge in [-0.05, 0) is 24.8 Å². The van der Waals surface area contributed by atoms with E-state index in [4.69, 9.17) is 4.74 Å². The second-order valence-corrected chi connectivity index (χ2v) is 7.03. The molecule has 0 unspecified atom stereocenters. The van der Waals surface area contributed by atoms with Crippen LogP contribution in [0.1, 0.15) is 28.7 Å². The van der Waals surface area contributed by atoms with E-state index >= 15 is 0 Å². The molecule has 1 amide bonds. The normalized spacial score (nSPS) is 16.9. The van der Waals surface area contributed by atoms with Crippen molar-refractivity contribution in [1.29, 1.82) is 0 Å². The Balaban J connectivity index is 1.44. The van der Waals surface area contributed by atoms with Crippen LogP contribution in [0.4, 0.5) is 0 Å². The molecule has 1 aliphatic heterocycles. The molecule has 1 fully saturated rings. The zero-order chi connectivity index (χ0) is 16.8. The first-order valence-electron chi connectivity index (χ1n) is 8.24. The summed E-state index contributed by atoms with van der Waals surface area (Å²) in [6.07, 6.45) is 2.61. The molecular formula is C16H23N5O2S. The molecule has 0 aliphatic carbocycles. The Morgan fingerprint density at radius 1 is 1.46 bits per heavy atom. The zero-order valence-electron chi connectivity index (χ0n) is 13.9. The molecule has 130 valence electrons. The molecule has 2 aromatic rings. The predicted molar refractivity (Wildman–Crippen MR) is 92.2 cm³/mol. The Labute approximate surface area is 145 Å². The standard InChI is InChI=1S/C16H23N5O2S/c1-13(4-5-20-6-8-23-9-7-20)17-16(22)15-12-21(19-18-15)11-14-3-2-10-24-14/h2-3,10,12-13H,4-9,11H2,1H3,(H,17,22)/t13-/m0/s1. The second kappa shape index (κ2) is 8.36. The summed E-state index contributed by atoms with van der Waals surface area (Å²) in [7, 11) is 0. The van der Waals surface area contributed by atoms with Gasteiger partial charge in [0.2, 0.25) is 0 Å². The topological polar surface area (TPSA) is 72.3 Å². The summed E-state index contributed by atoms with van der Waals surface area (Å²) in [5.41, 5.74) is 0.366. The number of morpholine rings is 1. The lowest BCUT2D eigenvalue weighted by Crippen LogP contribution is -2.40. The van der Waals surface area contributed by atoms with Crippen molar-refractivity contribution in [2.45, 2.75) is 25.9 Å². The van der Waals surface area contributed by atoms with Crippen molar-refractivity contribution in [1.82, 2.24) is 25.2 Å². The number of nitrogens with one attached hydrogen (secondary N) is 1. The van der Waals surface area contributed by atoms with E-state index in [1.807, 2.05) is 24.4 Å². The van der Waals surface area contributed by atoms with E-state index in [1.54, 1.807) is 22.2 Å². The van der Waals surface area contributed by atoms with Crippen LogP contribution in [0.2, 0.25) is 0 Å². The number of amides is 1. The van der Waals surface area contributed by atoms with Gasteiger partial charge in [-0.1, -0.05) is 11.3 Å². The lowest BCUT2D eigenvalue weighted by Gasteiger charge is -2.27. The van der Waals surface area contributed by atoms with Crippen molar-refractivity contribution in [3.05, 3.63) is 34.3 Å². The van der Waals surface area contributed by atoms with Gasteiger partial charge in [-0.3, -0.25) is 9.69 Å². The molecule has 0 saturated carbocycles. The maximum atomic E-state index is 12.3. The highest BCUT2D eigenvalue weighted by atomic mass is 32.1. The number of ether oxygens (including phenoxy) is 1. The number of aromatic nitrogens is 3. The molecule has 0 spiro atoms. The number of thiophene rings is 1. The van der Waals surface area contributed by atoms with Gasteiger partial charge >= 0.3 is 0 Å². The summed E-state index contributed by atoms with van der Waals surface area (Å²) in [6, 6.07) is 4.14. The largest absolute Gasteiger partial charge is 0.379 e. The van der Waals surface area contributed by atoms with E-state index in [0.717, 1.165) is 39.3 Å². The van der Waals surface area contributed by atoms with Crippen molar-refractivity contribution in [3.63, 3.8) is 0 Å². The Morgan fingerprint density at radius 2 is 2.29 bits per heavy atom. The fraction of sp³-hybridized carbons (Fsp3) is 0.562. The van der Waals surface area contributed by atoms with Gasteiger partial charge in [0, 0.05) is 30.6 Å². The fourth-order valence-electron chi connectivity index (χ4n) is 2.61. The van der Waals surface area contributed by atoms with Crippen LogP contribution in [0.15, 0.2) is 23.7 Å². The van der Waals surface area contributed by atoms with Crippen molar-refractivity contribution in [3.8, 4) is 0 Å². The fourth-order valence-corrected chi connectivity index (χ4v) is 3.31. The average molecular weight is 349 g/mol. The first-order chi connectivity index (χ1) is 11.7. The van der Waals surface area contributed by atoms with Crippen molar-refractivity contribution < 1.29 is 9.53 Å². The second-order valence-electron chi connectivity index (χ2n) is 6.00. The average Bonchev–Trinajstić information content (AvgIpc) is 3.26. The molecule has 3 heterocycles. The minimum atomic E-state index is -0.165. The van der Waals surface area contributed by atoms with Crippen molar-refractivity contribution in [2.75, 3.05) is 32.8 Å². The van der Waals surface area contributed by atoms with Crippen LogP contribution < -0.4 is 5.32 Å². The molecule has 3 rings (SSSR count). The molecule has 7 nitrogen and oxygen atoms in total. The lowest BCUT2D eigenvalue weighted by molar-refractivity contribution is 0.0363. The molecule has 2 aromatic heterocycles. The minimum Gasteiger partial charge on any atom is -0.379 e. The van der Waals surface area contributed by atoms with Crippen LogP contribution in [0.3, 0.4) is 0 Å². The highest BCUT2D eigenvalue weighted by Crippen LogP contribution is 2.10. The van der Waals surface area contributed by atoms with E-state index in [9.17, 15) is 4.79 Å². The molecule has 24 heavy (non-hydrogen) atoms. The highest BCUT2D eigenvalue weighted by molar-refractivity contribution is 7.09. The summed E-state index contributed by atoms with van der Waals surface area (Å²) in [4.78, 5) is 15.8. The van der Waals surface area contributed by atoms with Gasteiger partial charge in [-0.25, -0.2) is 4.68 Å². The van der Waals surface area contributed by atoms with E-state index in [2.05, 4.69) is 20.5 Å². The Hall–Kier alpha value is -1.77. The van der Waals surface area contributed by atoms with Gasteiger partial charge in [0.1, 0.15) is 0 Å². The maximum Gasteiger partial charge on any atom is 0.273 e. The van der Waals surface area contributed by atoms with Crippen molar-refractivity contribution in [2.24, 2.45) is 0 Å². The van der Waals surface area contributed by atoms with Gasteiger partial charge in [-0.15, -0.1) is 16.4 Å². The van der Waals surface area contributed by atoms with Crippen LogP contribution in [-0.4, -0.2) is 64.7 Å². The van der Waals surface area contributed by atoms with Gasteiger partial charge in [0.25, 0.3) is 5.91 Å². The van der Waals surface area contributed by atoms with Crippen LogP contribution in [0.25, 0.3) is 0 Å². The minimum absolute atomic E-state index is 0.0998. The Morgan fingerprint density at radius 3 is 3.04 bits per heavy atom. The monoisotopic (exact) mass is 349 g/mol. The molecule has 1 atom stereocenters. The first-order valence-corrected chi connectivity index (χ1v) is 9.12. The maximum absolute atomic E-state index is 12.3. The van der Waals surface area contributed by atoms with Crippen molar-refractivity contribution >= 4 is 17.2 Å². The zero-order valence-corrected chi connectivity index (χ0v) is 14.7. The number of hydrogen-bond donors (Lipinski definition) is 1. The van der Waals surface area contributed by atoms with Crippen LogP contribution in [0, 0.1) is 0 Å². The molecule has 1 saturated heterocycles. The van der Waals surface area contributed by atoms with Crippen LogP contribution >= 0.6 is 11.3 Å². The van der Waals surface area contributed by atoms with Gasteiger partial charge in [-0.2, -0.15) is 0 Å². The summed E-state index contributed by atoms with van der Waals surface area (Å²) in [5.74, 6) is -0.165. The van der Waals surface area contributed by atoms with E-state index in [1.165, 1.54) is 4.88 Å². The van der Waals surface area contributed by atoms with Crippen LogP contribution in [-0.2, 0) is 11.3 Å². The molecule has 0 aromatic carbocycles. The third-order valence-electron chi connectivity index (χ3n) is 4.03. The predicted octanol–water partition coefficient (Wildman–Crippen LogP) is 1.23. The first kappa shape index (κ1) is 17.1. The van der Waals surface area contributed by atoms with Crippen LogP contribution in [0.5, 0.6) is 0 Å². The summed E-state index contributed by atoms with van der Waals surface area (Å²) < 4.78 is 7.03. The molecule has 0 radical (unpaired) electrons. The number of carbonyl (C=O) groups excluding carboxylic acids is 1.